The van der Waals surface area contributed by atoms with Crippen molar-refractivity contribution in [3.05, 3.63) is 30.2 Å². The number of aliphatic imine (C=N–C) groups is 1. The molecule has 7 nitrogen and oxygen atoms in total. The Morgan fingerprint density at radius 1 is 1.32 bits per heavy atom. The smallest absolute Gasteiger partial charge is 0.191 e. The van der Waals surface area contributed by atoms with E-state index in [4.69, 9.17) is 4.74 Å². The van der Waals surface area contributed by atoms with Gasteiger partial charge in [0.2, 0.25) is 0 Å². The van der Waals surface area contributed by atoms with Crippen LogP contribution in [-0.2, 0) is 11.3 Å². The van der Waals surface area contributed by atoms with Gasteiger partial charge in [-0.2, -0.15) is 11.8 Å². The maximum absolute atomic E-state index is 5.54. The third-order valence-corrected chi connectivity index (χ3v) is 5.91. The second-order valence-electron chi connectivity index (χ2n) is 6.05. The lowest BCUT2D eigenvalue weighted by atomic mass is 9.99. The van der Waals surface area contributed by atoms with E-state index in [0.717, 1.165) is 55.8 Å². The fourth-order valence-corrected chi connectivity index (χ4v) is 4.30. The molecule has 25 heavy (non-hydrogen) atoms. The number of nitrogens with zero attached hydrogens (tertiary/aromatic N) is 4. The molecule has 0 radical (unpaired) electrons. The molecule has 2 aromatic heterocycles. The molecule has 1 saturated heterocycles. The second kappa shape index (κ2) is 8.53. The Morgan fingerprint density at radius 3 is 2.92 bits per heavy atom. The van der Waals surface area contributed by atoms with E-state index in [0.29, 0.717) is 6.54 Å². The zero-order valence-electron chi connectivity index (χ0n) is 14.9. The quantitative estimate of drug-likeness (QED) is 0.602. The molecule has 2 aromatic rings. The average Bonchev–Trinajstić information content (AvgIpc) is 3.06. The van der Waals surface area contributed by atoms with Crippen molar-refractivity contribution in [2.24, 2.45) is 4.99 Å². The largest absolute Gasteiger partial charge is 0.381 e. The van der Waals surface area contributed by atoms with Gasteiger partial charge in [0.1, 0.15) is 0 Å². The number of rotatable bonds is 6. The molecule has 3 heterocycles. The van der Waals surface area contributed by atoms with Crippen LogP contribution in [0.4, 0.5) is 0 Å². The van der Waals surface area contributed by atoms with Gasteiger partial charge in [-0.1, -0.05) is 13.0 Å². The minimum Gasteiger partial charge on any atom is -0.381 e. The van der Waals surface area contributed by atoms with Crippen molar-refractivity contribution >= 4 is 23.4 Å². The number of pyridine rings is 1. The topological polar surface area (TPSA) is 75.8 Å². The molecule has 0 bridgehead atoms. The first-order valence-corrected chi connectivity index (χ1v) is 9.70. The van der Waals surface area contributed by atoms with Crippen molar-refractivity contribution in [1.29, 1.82) is 0 Å². The van der Waals surface area contributed by atoms with Gasteiger partial charge < -0.3 is 15.4 Å². The molecule has 3 rings (SSSR count). The van der Waals surface area contributed by atoms with Gasteiger partial charge >= 0.3 is 0 Å². The van der Waals surface area contributed by atoms with Gasteiger partial charge in [-0.15, -0.1) is 10.2 Å². The zero-order valence-corrected chi connectivity index (χ0v) is 15.7. The highest BCUT2D eigenvalue weighted by molar-refractivity contribution is 8.00. The number of fused-ring (bicyclic) bond motifs is 1. The van der Waals surface area contributed by atoms with E-state index in [1.807, 2.05) is 40.6 Å². The number of ether oxygens (including phenoxy) is 1. The van der Waals surface area contributed by atoms with Gasteiger partial charge in [0.25, 0.3) is 0 Å². The molecule has 0 amide bonds. The molecule has 8 heteroatoms. The van der Waals surface area contributed by atoms with Gasteiger partial charge in [0, 0.05) is 37.8 Å². The van der Waals surface area contributed by atoms with E-state index in [1.54, 1.807) is 7.05 Å². The molecule has 1 fully saturated rings. The van der Waals surface area contributed by atoms with Crippen LogP contribution in [0.2, 0.25) is 0 Å². The van der Waals surface area contributed by atoms with Crippen molar-refractivity contribution in [3.8, 4) is 0 Å². The Bertz CT molecular complexity index is 704. The number of hydrogen-bond acceptors (Lipinski definition) is 5. The van der Waals surface area contributed by atoms with Crippen LogP contribution in [0.1, 0.15) is 25.6 Å². The van der Waals surface area contributed by atoms with Gasteiger partial charge in [0.15, 0.2) is 17.4 Å². The van der Waals surface area contributed by atoms with Crippen LogP contribution in [0.25, 0.3) is 5.65 Å². The van der Waals surface area contributed by atoms with E-state index in [9.17, 15) is 0 Å². The Balaban J connectivity index is 1.57. The Kier molecular flexibility index (Phi) is 6.14. The summed E-state index contributed by atoms with van der Waals surface area (Å²) in [5.74, 6) is 2.76. The number of nitrogens with one attached hydrogen (secondary N) is 2. The number of guanidine groups is 1. The third kappa shape index (κ3) is 4.43. The van der Waals surface area contributed by atoms with Crippen molar-refractivity contribution in [3.63, 3.8) is 0 Å². The monoisotopic (exact) mass is 362 g/mol. The summed E-state index contributed by atoms with van der Waals surface area (Å²) >= 11 is 2.02. The van der Waals surface area contributed by atoms with Crippen LogP contribution in [0.15, 0.2) is 29.4 Å². The lowest BCUT2D eigenvalue weighted by molar-refractivity contribution is 0.0782. The van der Waals surface area contributed by atoms with E-state index in [2.05, 4.69) is 32.7 Å². The predicted molar refractivity (Wildman–Crippen MR) is 102 cm³/mol. The van der Waals surface area contributed by atoms with Gasteiger partial charge in [0.05, 0.1) is 6.54 Å². The molecule has 0 saturated carbocycles. The van der Waals surface area contributed by atoms with Crippen LogP contribution < -0.4 is 10.6 Å². The lowest BCUT2D eigenvalue weighted by Crippen LogP contribution is -2.48. The summed E-state index contributed by atoms with van der Waals surface area (Å²) in [5, 5.41) is 15.2. The van der Waals surface area contributed by atoms with E-state index in [1.165, 1.54) is 0 Å². The highest BCUT2D eigenvalue weighted by atomic mass is 32.2. The molecule has 136 valence electrons. The summed E-state index contributed by atoms with van der Waals surface area (Å²) in [6.45, 7) is 5.35. The first-order chi connectivity index (χ1) is 12.3. The first-order valence-electron chi connectivity index (χ1n) is 8.71. The third-order valence-electron chi connectivity index (χ3n) is 4.45. The molecule has 1 aliphatic heterocycles. The minimum absolute atomic E-state index is 0.228. The number of thioether (sulfide) groups is 1. The summed E-state index contributed by atoms with van der Waals surface area (Å²) in [5.41, 5.74) is 0.850. The van der Waals surface area contributed by atoms with Gasteiger partial charge in [-0.3, -0.25) is 9.39 Å². The van der Waals surface area contributed by atoms with Crippen LogP contribution in [0, 0.1) is 0 Å². The van der Waals surface area contributed by atoms with Crippen molar-refractivity contribution in [2.75, 3.05) is 32.6 Å². The van der Waals surface area contributed by atoms with Crippen LogP contribution in [-0.4, -0.2) is 57.9 Å². The molecule has 0 spiro atoms. The minimum atomic E-state index is 0.228. The fourth-order valence-electron chi connectivity index (χ4n) is 3.06. The average molecular weight is 363 g/mol. The zero-order chi connectivity index (χ0) is 17.5. The SMILES string of the molecule is CCSC1(CNC(=NC)NCc2nnc3ccccn23)CCOCC1. The molecule has 0 atom stereocenters. The fraction of sp³-hybridized carbons (Fsp3) is 0.588. The van der Waals surface area contributed by atoms with E-state index < -0.39 is 0 Å². The van der Waals surface area contributed by atoms with Gasteiger partial charge in [-0.25, -0.2) is 0 Å². The molecule has 2 N–H and O–H groups in total. The predicted octanol–water partition coefficient (Wildman–Crippen LogP) is 1.70. The molecular formula is C17H26N6OS. The number of aromatic nitrogens is 3. The molecule has 0 aromatic carbocycles. The van der Waals surface area contributed by atoms with E-state index >= 15 is 0 Å². The van der Waals surface area contributed by atoms with Crippen LogP contribution in [0.5, 0.6) is 0 Å². The Labute approximate surface area is 152 Å². The van der Waals surface area contributed by atoms with Crippen LogP contribution in [0.3, 0.4) is 0 Å². The summed E-state index contributed by atoms with van der Waals surface area (Å²) in [6.07, 6.45) is 4.12. The maximum Gasteiger partial charge on any atom is 0.191 e. The highest BCUT2D eigenvalue weighted by Crippen LogP contribution is 2.34. The molecule has 0 aliphatic carbocycles. The van der Waals surface area contributed by atoms with Crippen LogP contribution >= 0.6 is 11.8 Å². The summed E-state index contributed by atoms with van der Waals surface area (Å²) in [4.78, 5) is 4.34. The van der Waals surface area contributed by atoms with Gasteiger partial charge in [-0.05, 0) is 30.7 Å². The summed E-state index contributed by atoms with van der Waals surface area (Å²) in [6, 6.07) is 5.88. The number of hydrogen-bond donors (Lipinski definition) is 2. The van der Waals surface area contributed by atoms with Crippen molar-refractivity contribution < 1.29 is 4.74 Å². The summed E-state index contributed by atoms with van der Waals surface area (Å²) < 4.78 is 7.74. The second-order valence-corrected chi connectivity index (χ2v) is 7.78. The molecule has 1 aliphatic rings. The van der Waals surface area contributed by atoms with E-state index in [-0.39, 0.29) is 4.75 Å². The standard InChI is InChI=1S/C17H26N6OS/c1-3-25-17(7-10-24-11-8-17)13-20-16(18-2)19-12-15-22-21-14-6-4-5-9-23(14)15/h4-6,9H,3,7-8,10-13H2,1-2H3,(H2,18,19,20). The molecular weight excluding hydrogens is 336 g/mol. The normalized spacial score (nSPS) is 17.6. The Morgan fingerprint density at radius 2 is 2.16 bits per heavy atom. The maximum atomic E-state index is 5.54. The summed E-state index contributed by atoms with van der Waals surface area (Å²) in [7, 11) is 1.79. The van der Waals surface area contributed by atoms with Crippen molar-refractivity contribution in [2.45, 2.75) is 31.1 Å². The highest BCUT2D eigenvalue weighted by Gasteiger charge is 2.32. The lowest BCUT2D eigenvalue weighted by Gasteiger charge is -2.37. The van der Waals surface area contributed by atoms with Crippen molar-refractivity contribution in [1.82, 2.24) is 25.2 Å². The first kappa shape index (κ1) is 18.0. The molecule has 0 unspecified atom stereocenters. The Hall–Kier alpha value is -1.80.